The predicted octanol–water partition coefficient (Wildman–Crippen LogP) is 2.62. The highest BCUT2D eigenvalue weighted by Crippen LogP contribution is 2.25. The molecule has 0 bridgehead atoms. The van der Waals surface area contributed by atoms with Crippen LogP contribution in [0.25, 0.3) is 20.9 Å². The maximum absolute atomic E-state index is 12.3. The zero-order valence-corrected chi connectivity index (χ0v) is 13.2. The minimum atomic E-state index is -2.70. The smallest absolute Gasteiger partial charge is 0.332 e. The van der Waals surface area contributed by atoms with Gasteiger partial charge in [-0.05, 0) is 37.8 Å². The highest BCUT2D eigenvalue weighted by molar-refractivity contribution is 6.08. The van der Waals surface area contributed by atoms with Crippen LogP contribution < -0.4 is 0 Å². The van der Waals surface area contributed by atoms with E-state index < -0.39 is 35.5 Å². The molecule has 0 radical (unpaired) electrons. The number of rotatable bonds is 7. The summed E-state index contributed by atoms with van der Waals surface area (Å²) < 4.78 is 5.00. The van der Waals surface area contributed by atoms with Gasteiger partial charge in [-0.2, -0.15) is 0 Å². The van der Waals surface area contributed by atoms with Gasteiger partial charge in [0, 0.05) is 16.2 Å². The summed E-state index contributed by atoms with van der Waals surface area (Å²) in [4.78, 5) is 29.3. The third-order valence-electron chi connectivity index (χ3n) is 2.62. The molecule has 0 aliphatic heterocycles. The standard InChI is InChI=1S/C12H20N6O4/c1-7(2)8(19)6-9(20)12(15-17-13,16-18-14)10(21)22-11(3,4)5/h7-8,19H,6H2,1-5H3. The average Bonchev–Trinajstić information content (AvgIpc) is 2.35. The van der Waals surface area contributed by atoms with Gasteiger partial charge in [0.1, 0.15) is 5.60 Å². The summed E-state index contributed by atoms with van der Waals surface area (Å²) in [5.41, 5.74) is 13.5. The van der Waals surface area contributed by atoms with Crippen LogP contribution in [-0.4, -0.2) is 34.2 Å². The summed E-state index contributed by atoms with van der Waals surface area (Å²) in [7, 11) is 0. The van der Waals surface area contributed by atoms with Crippen molar-refractivity contribution in [2.75, 3.05) is 0 Å². The fourth-order valence-corrected chi connectivity index (χ4v) is 1.37. The van der Waals surface area contributed by atoms with Crippen LogP contribution in [0, 0.1) is 5.92 Å². The number of ether oxygens (including phenoxy) is 1. The number of carbonyl (C=O) groups is 2. The molecular weight excluding hydrogens is 292 g/mol. The minimum absolute atomic E-state index is 0.280. The fourth-order valence-electron chi connectivity index (χ4n) is 1.37. The van der Waals surface area contributed by atoms with Crippen molar-refractivity contribution in [1.82, 2.24) is 0 Å². The summed E-state index contributed by atoms with van der Waals surface area (Å²) in [5.74, 6) is -2.59. The van der Waals surface area contributed by atoms with Gasteiger partial charge in [-0.15, -0.1) is 0 Å². The van der Waals surface area contributed by atoms with Crippen molar-refractivity contribution in [3.8, 4) is 0 Å². The molecule has 0 saturated heterocycles. The highest BCUT2D eigenvalue weighted by atomic mass is 16.6. The van der Waals surface area contributed by atoms with Crippen LogP contribution in [0.5, 0.6) is 0 Å². The zero-order valence-electron chi connectivity index (χ0n) is 13.2. The molecule has 0 amide bonds. The molecule has 1 unspecified atom stereocenters. The Labute approximate surface area is 127 Å². The van der Waals surface area contributed by atoms with Crippen LogP contribution in [0.1, 0.15) is 41.0 Å². The largest absolute Gasteiger partial charge is 0.459 e. The van der Waals surface area contributed by atoms with Gasteiger partial charge in [-0.3, -0.25) is 9.59 Å². The fraction of sp³-hybridized carbons (Fsp3) is 0.833. The van der Waals surface area contributed by atoms with Gasteiger partial charge in [0.25, 0.3) is 5.66 Å². The van der Waals surface area contributed by atoms with E-state index in [0.717, 1.165) is 0 Å². The maximum Gasteiger partial charge on any atom is 0.332 e. The number of ketones is 1. The van der Waals surface area contributed by atoms with Crippen LogP contribution in [0.15, 0.2) is 10.2 Å². The first-order valence-electron chi connectivity index (χ1n) is 6.57. The number of hydrogen-bond acceptors (Lipinski definition) is 6. The number of aliphatic hydroxyl groups excluding tert-OH is 1. The Morgan fingerprint density at radius 3 is 1.95 bits per heavy atom. The molecule has 0 heterocycles. The van der Waals surface area contributed by atoms with Gasteiger partial charge >= 0.3 is 5.97 Å². The van der Waals surface area contributed by atoms with E-state index in [1.165, 1.54) is 20.8 Å². The number of hydrogen-bond donors (Lipinski definition) is 1. The summed E-state index contributed by atoms with van der Waals surface area (Å²) >= 11 is 0. The predicted molar refractivity (Wildman–Crippen MR) is 77.3 cm³/mol. The molecule has 10 heteroatoms. The average molecular weight is 312 g/mol. The van der Waals surface area contributed by atoms with E-state index in [1.54, 1.807) is 13.8 Å². The molecule has 0 aliphatic carbocycles. The molecule has 122 valence electrons. The van der Waals surface area contributed by atoms with E-state index in [1.807, 2.05) is 0 Å². The number of esters is 1. The molecule has 0 aromatic carbocycles. The molecule has 0 saturated carbocycles. The molecular formula is C12H20N6O4. The first kappa shape index (κ1) is 19.7. The number of carbonyl (C=O) groups excluding carboxylic acids is 2. The lowest BCUT2D eigenvalue weighted by molar-refractivity contribution is -0.164. The Kier molecular flexibility index (Phi) is 6.86. The Morgan fingerprint density at radius 2 is 1.64 bits per heavy atom. The molecule has 0 rings (SSSR count). The van der Waals surface area contributed by atoms with Gasteiger partial charge in [0.15, 0.2) is 5.78 Å². The van der Waals surface area contributed by atoms with Crippen molar-refractivity contribution in [2.45, 2.75) is 58.4 Å². The lowest BCUT2D eigenvalue weighted by atomic mass is 9.95. The normalized spacial score (nSPS) is 15.0. The number of Topliss-reactive ketones (excluding diaryl/α,β-unsaturated/α-hetero) is 1. The first-order chi connectivity index (χ1) is 10.00. The molecule has 1 N–H and O–H groups in total. The molecule has 0 aliphatic rings. The van der Waals surface area contributed by atoms with Crippen LogP contribution in [0.2, 0.25) is 0 Å². The minimum Gasteiger partial charge on any atom is -0.459 e. The lowest BCUT2D eigenvalue weighted by Crippen LogP contribution is -2.47. The van der Waals surface area contributed by atoms with Crippen molar-refractivity contribution in [2.24, 2.45) is 16.1 Å². The second-order valence-corrected chi connectivity index (χ2v) is 5.99. The summed E-state index contributed by atoms with van der Waals surface area (Å²) in [6.45, 7) is 7.93. The van der Waals surface area contributed by atoms with Gasteiger partial charge in [0.05, 0.1) is 6.10 Å². The van der Waals surface area contributed by atoms with Gasteiger partial charge in [-0.1, -0.05) is 24.1 Å². The number of aliphatic hydroxyl groups is 1. The summed E-state index contributed by atoms with van der Waals surface area (Å²) in [5, 5.41) is 15.9. The van der Waals surface area contributed by atoms with E-state index >= 15 is 0 Å². The van der Waals surface area contributed by atoms with Crippen LogP contribution in [-0.2, 0) is 14.3 Å². The monoisotopic (exact) mass is 312 g/mol. The van der Waals surface area contributed by atoms with E-state index in [4.69, 9.17) is 15.8 Å². The van der Waals surface area contributed by atoms with Crippen molar-refractivity contribution in [3.05, 3.63) is 20.9 Å². The van der Waals surface area contributed by atoms with Gasteiger partial charge < -0.3 is 9.84 Å². The highest BCUT2D eigenvalue weighted by Gasteiger charge is 2.48. The Bertz CT molecular complexity index is 508. The van der Waals surface area contributed by atoms with Gasteiger partial charge in [0.2, 0.25) is 0 Å². The van der Waals surface area contributed by atoms with E-state index in [-0.39, 0.29) is 5.92 Å². The van der Waals surface area contributed by atoms with Crippen LogP contribution in [0.3, 0.4) is 0 Å². The molecule has 0 aromatic rings. The molecule has 0 fully saturated rings. The van der Waals surface area contributed by atoms with Crippen molar-refractivity contribution >= 4 is 11.8 Å². The lowest BCUT2D eigenvalue weighted by Gasteiger charge is -2.27. The van der Waals surface area contributed by atoms with E-state index in [2.05, 4.69) is 20.1 Å². The van der Waals surface area contributed by atoms with E-state index in [0.29, 0.717) is 0 Å². The quantitative estimate of drug-likeness (QED) is 0.251. The molecule has 10 nitrogen and oxygen atoms in total. The topological polar surface area (TPSA) is 161 Å². The summed E-state index contributed by atoms with van der Waals surface area (Å²) in [6, 6.07) is 0. The molecule has 22 heavy (non-hydrogen) atoms. The van der Waals surface area contributed by atoms with Crippen molar-refractivity contribution in [3.63, 3.8) is 0 Å². The van der Waals surface area contributed by atoms with Crippen LogP contribution in [0.4, 0.5) is 0 Å². The Balaban J connectivity index is 5.79. The van der Waals surface area contributed by atoms with Gasteiger partial charge in [-0.25, -0.2) is 0 Å². The second kappa shape index (κ2) is 7.65. The van der Waals surface area contributed by atoms with Crippen molar-refractivity contribution < 1.29 is 19.4 Å². The first-order valence-corrected chi connectivity index (χ1v) is 6.57. The SMILES string of the molecule is CC(C)C(O)CC(=O)C(N=[N+]=[N-])(N=[N+]=[N-])C(=O)OC(C)(C)C. The number of nitrogens with zero attached hydrogens (tertiary/aromatic N) is 6. The van der Waals surface area contributed by atoms with Crippen molar-refractivity contribution in [1.29, 1.82) is 0 Å². The summed E-state index contributed by atoms with van der Waals surface area (Å²) in [6.07, 6.45) is -1.60. The Morgan fingerprint density at radius 1 is 1.18 bits per heavy atom. The maximum atomic E-state index is 12.3. The zero-order chi connectivity index (χ0) is 17.6. The molecule has 0 spiro atoms. The third kappa shape index (κ3) is 5.25. The van der Waals surface area contributed by atoms with Crippen LogP contribution >= 0.6 is 0 Å². The van der Waals surface area contributed by atoms with E-state index in [9.17, 15) is 14.7 Å². The Hall–Kier alpha value is -2.28. The number of azide groups is 1. The third-order valence-corrected chi connectivity index (χ3v) is 2.62. The molecule has 0 aromatic heterocycles. The molecule has 1 atom stereocenters. The second-order valence-electron chi connectivity index (χ2n) is 5.99.